The third kappa shape index (κ3) is 5.70. The standard InChI is InChI=1S/C19H28N2O4S2/c1-2-25-19(23)17-14-5-3-4-6-15(14)27-18(17)20-16(22)13-26-12-9-21-7-10-24-11-8-21/h2-13H2,1H3,(H,20,22). The first-order valence-electron chi connectivity index (χ1n) is 9.68. The summed E-state index contributed by atoms with van der Waals surface area (Å²) in [4.78, 5) is 28.4. The summed E-state index contributed by atoms with van der Waals surface area (Å²) in [6.07, 6.45) is 4.10. The Hall–Kier alpha value is -1.09. The molecular weight excluding hydrogens is 384 g/mol. The minimum atomic E-state index is -0.313. The van der Waals surface area contributed by atoms with Crippen LogP contribution >= 0.6 is 23.1 Å². The fourth-order valence-corrected chi connectivity index (χ4v) is 5.50. The minimum Gasteiger partial charge on any atom is -0.462 e. The van der Waals surface area contributed by atoms with Crippen molar-refractivity contribution < 1.29 is 19.1 Å². The van der Waals surface area contributed by atoms with Crippen LogP contribution in [0, 0.1) is 0 Å². The van der Waals surface area contributed by atoms with Crippen molar-refractivity contribution in [2.24, 2.45) is 0 Å². The first-order valence-corrected chi connectivity index (χ1v) is 11.7. The van der Waals surface area contributed by atoms with Crippen LogP contribution in [0.5, 0.6) is 0 Å². The molecule has 27 heavy (non-hydrogen) atoms. The van der Waals surface area contributed by atoms with Gasteiger partial charge in [-0.15, -0.1) is 11.3 Å². The van der Waals surface area contributed by atoms with Gasteiger partial charge in [0, 0.05) is 30.3 Å². The molecule has 1 N–H and O–H groups in total. The van der Waals surface area contributed by atoms with Crippen molar-refractivity contribution in [1.82, 2.24) is 4.90 Å². The molecule has 1 fully saturated rings. The molecule has 6 nitrogen and oxygen atoms in total. The van der Waals surface area contributed by atoms with Crippen LogP contribution in [-0.4, -0.2) is 67.7 Å². The van der Waals surface area contributed by atoms with Gasteiger partial charge in [0.2, 0.25) is 5.91 Å². The second-order valence-electron chi connectivity index (χ2n) is 6.69. The van der Waals surface area contributed by atoms with Crippen LogP contribution in [0.15, 0.2) is 0 Å². The Morgan fingerprint density at radius 1 is 1.26 bits per heavy atom. The van der Waals surface area contributed by atoms with Crippen molar-refractivity contribution in [3.8, 4) is 0 Å². The average Bonchev–Trinajstić information content (AvgIpc) is 3.04. The summed E-state index contributed by atoms with van der Waals surface area (Å²) in [5, 5.41) is 3.64. The van der Waals surface area contributed by atoms with Crippen LogP contribution in [0.25, 0.3) is 0 Å². The van der Waals surface area contributed by atoms with Crippen molar-refractivity contribution >= 4 is 40.0 Å². The summed E-state index contributed by atoms with van der Waals surface area (Å²) in [5.41, 5.74) is 1.67. The van der Waals surface area contributed by atoms with E-state index in [0.717, 1.165) is 69.8 Å². The Kier molecular flexibility index (Phi) is 7.99. The van der Waals surface area contributed by atoms with E-state index in [1.165, 1.54) is 4.88 Å². The normalized spacial score (nSPS) is 17.4. The molecule has 0 atom stereocenters. The van der Waals surface area contributed by atoms with E-state index >= 15 is 0 Å². The molecule has 1 amide bonds. The van der Waals surface area contributed by atoms with Gasteiger partial charge < -0.3 is 14.8 Å². The van der Waals surface area contributed by atoms with Crippen LogP contribution in [0.3, 0.4) is 0 Å². The fourth-order valence-electron chi connectivity index (χ4n) is 3.42. The lowest BCUT2D eigenvalue weighted by Crippen LogP contribution is -2.37. The molecule has 0 radical (unpaired) electrons. The molecular formula is C19H28N2O4S2. The van der Waals surface area contributed by atoms with E-state index in [2.05, 4.69) is 10.2 Å². The lowest BCUT2D eigenvalue weighted by molar-refractivity contribution is -0.113. The number of morpholine rings is 1. The van der Waals surface area contributed by atoms with Gasteiger partial charge in [-0.05, 0) is 38.2 Å². The number of nitrogens with zero attached hydrogens (tertiary/aromatic N) is 1. The summed E-state index contributed by atoms with van der Waals surface area (Å²) < 4.78 is 10.6. The van der Waals surface area contributed by atoms with E-state index in [4.69, 9.17) is 9.47 Å². The molecule has 2 heterocycles. The number of nitrogens with one attached hydrogen (secondary N) is 1. The summed E-state index contributed by atoms with van der Waals surface area (Å²) in [6.45, 7) is 6.65. The maximum absolute atomic E-state index is 12.4. The molecule has 1 aromatic heterocycles. The molecule has 2 aliphatic rings. The molecule has 1 aliphatic heterocycles. The quantitative estimate of drug-likeness (QED) is 0.523. The number of carbonyl (C=O) groups is 2. The monoisotopic (exact) mass is 412 g/mol. The molecule has 0 unspecified atom stereocenters. The Bertz CT molecular complexity index is 656. The lowest BCUT2D eigenvalue weighted by Gasteiger charge is -2.26. The highest BCUT2D eigenvalue weighted by Gasteiger charge is 2.27. The van der Waals surface area contributed by atoms with Gasteiger partial charge in [-0.1, -0.05) is 0 Å². The molecule has 3 rings (SSSR count). The summed E-state index contributed by atoms with van der Waals surface area (Å²) in [6, 6.07) is 0. The molecule has 1 saturated heterocycles. The molecule has 8 heteroatoms. The molecule has 0 spiro atoms. The van der Waals surface area contributed by atoms with Crippen molar-refractivity contribution in [3.05, 3.63) is 16.0 Å². The van der Waals surface area contributed by atoms with Gasteiger partial charge in [-0.2, -0.15) is 11.8 Å². The SMILES string of the molecule is CCOC(=O)c1c(NC(=O)CSCCN2CCOCC2)sc2c1CCCC2. The Morgan fingerprint density at radius 2 is 2.04 bits per heavy atom. The summed E-state index contributed by atoms with van der Waals surface area (Å²) >= 11 is 3.17. The third-order valence-electron chi connectivity index (χ3n) is 4.79. The first kappa shape index (κ1) is 20.6. The molecule has 1 aliphatic carbocycles. The van der Waals surface area contributed by atoms with Crippen LogP contribution in [0.1, 0.15) is 40.6 Å². The first-order chi connectivity index (χ1) is 13.2. The van der Waals surface area contributed by atoms with Crippen LogP contribution in [0.2, 0.25) is 0 Å². The molecule has 1 aromatic rings. The van der Waals surface area contributed by atoms with E-state index in [0.29, 0.717) is 22.9 Å². The van der Waals surface area contributed by atoms with E-state index < -0.39 is 0 Å². The van der Waals surface area contributed by atoms with E-state index in [-0.39, 0.29) is 11.9 Å². The number of thiophene rings is 1. The Morgan fingerprint density at radius 3 is 2.81 bits per heavy atom. The number of amides is 1. The van der Waals surface area contributed by atoms with Crippen molar-refractivity contribution in [2.75, 3.05) is 56.3 Å². The number of hydrogen-bond acceptors (Lipinski definition) is 7. The Labute approximate surface area is 169 Å². The van der Waals surface area contributed by atoms with Crippen molar-refractivity contribution in [2.45, 2.75) is 32.6 Å². The van der Waals surface area contributed by atoms with Crippen LogP contribution in [-0.2, 0) is 27.1 Å². The average molecular weight is 413 g/mol. The highest BCUT2D eigenvalue weighted by Crippen LogP contribution is 2.38. The van der Waals surface area contributed by atoms with Crippen molar-refractivity contribution in [3.63, 3.8) is 0 Å². The highest BCUT2D eigenvalue weighted by molar-refractivity contribution is 7.99. The summed E-state index contributed by atoms with van der Waals surface area (Å²) in [7, 11) is 0. The van der Waals surface area contributed by atoms with Gasteiger partial charge in [0.1, 0.15) is 5.00 Å². The fraction of sp³-hybridized carbons (Fsp3) is 0.684. The number of thioether (sulfide) groups is 1. The number of hydrogen-bond donors (Lipinski definition) is 1. The highest BCUT2D eigenvalue weighted by atomic mass is 32.2. The number of anilines is 1. The number of ether oxygens (including phenoxy) is 2. The van der Waals surface area contributed by atoms with E-state index in [1.807, 2.05) is 0 Å². The number of rotatable bonds is 8. The third-order valence-corrected chi connectivity index (χ3v) is 6.94. The van der Waals surface area contributed by atoms with Crippen LogP contribution in [0.4, 0.5) is 5.00 Å². The number of aryl methyl sites for hydroxylation is 1. The smallest absolute Gasteiger partial charge is 0.341 e. The van der Waals surface area contributed by atoms with Crippen molar-refractivity contribution in [1.29, 1.82) is 0 Å². The maximum atomic E-state index is 12.4. The molecule has 0 bridgehead atoms. The number of fused-ring (bicyclic) bond motifs is 1. The number of carbonyl (C=O) groups excluding carboxylic acids is 2. The lowest BCUT2D eigenvalue weighted by atomic mass is 9.95. The Balaban J connectivity index is 1.53. The van der Waals surface area contributed by atoms with Crippen LogP contribution < -0.4 is 5.32 Å². The largest absolute Gasteiger partial charge is 0.462 e. The molecule has 0 aromatic carbocycles. The molecule has 0 saturated carbocycles. The zero-order valence-corrected chi connectivity index (χ0v) is 17.5. The van der Waals surface area contributed by atoms with Gasteiger partial charge in [0.05, 0.1) is 31.1 Å². The molecule has 150 valence electrons. The topological polar surface area (TPSA) is 67.9 Å². The van der Waals surface area contributed by atoms with Gasteiger partial charge in [-0.25, -0.2) is 4.79 Å². The second-order valence-corrected chi connectivity index (χ2v) is 8.90. The maximum Gasteiger partial charge on any atom is 0.341 e. The van der Waals surface area contributed by atoms with E-state index in [1.54, 1.807) is 30.0 Å². The second kappa shape index (κ2) is 10.5. The number of esters is 1. The predicted octanol–water partition coefficient (Wildman–Crippen LogP) is 2.81. The van der Waals surface area contributed by atoms with Gasteiger partial charge in [-0.3, -0.25) is 9.69 Å². The predicted molar refractivity (Wildman–Crippen MR) is 110 cm³/mol. The zero-order valence-electron chi connectivity index (χ0n) is 15.9. The summed E-state index contributed by atoms with van der Waals surface area (Å²) in [5.74, 6) is 0.951. The van der Waals surface area contributed by atoms with Gasteiger partial charge in [0.15, 0.2) is 0 Å². The van der Waals surface area contributed by atoms with Gasteiger partial charge >= 0.3 is 5.97 Å². The van der Waals surface area contributed by atoms with Gasteiger partial charge in [0.25, 0.3) is 0 Å². The minimum absolute atomic E-state index is 0.0499. The zero-order chi connectivity index (χ0) is 19.1. The van der Waals surface area contributed by atoms with E-state index in [9.17, 15) is 9.59 Å².